The Kier molecular flexibility index (Phi) is 4.27. The zero-order valence-corrected chi connectivity index (χ0v) is 12.6. The second kappa shape index (κ2) is 5.76. The van der Waals surface area contributed by atoms with Crippen molar-refractivity contribution in [3.63, 3.8) is 0 Å². The largest absolute Gasteiger partial charge is 0.311 e. The molecule has 2 aromatic rings. The number of hydrogen-bond donors (Lipinski definition) is 1. The molecule has 1 heterocycles. The second-order valence-electron chi connectivity index (χ2n) is 4.97. The molecule has 0 aliphatic rings. The van der Waals surface area contributed by atoms with E-state index in [9.17, 15) is 0 Å². The Morgan fingerprint density at radius 3 is 2.58 bits per heavy atom. The lowest BCUT2D eigenvalue weighted by Gasteiger charge is -2.18. The average molecular weight is 278 g/mol. The zero-order chi connectivity index (χ0) is 14.0. The van der Waals surface area contributed by atoms with E-state index in [2.05, 4.69) is 42.5 Å². The van der Waals surface area contributed by atoms with Crippen LogP contribution in [0.15, 0.2) is 24.4 Å². The molecule has 4 heteroatoms. The molecule has 19 heavy (non-hydrogen) atoms. The second-order valence-corrected chi connectivity index (χ2v) is 5.37. The highest BCUT2D eigenvalue weighted by Gasteiger charge is 2.18. The quantitative estimate of drug-likeness (QED) is 0.930. The summed E-state index contributed by atoms with van der Waals surface area (Å²) in [6.07, 6.45) is 2.60. The van der Waals surface area contributed by atoms with E-state index in [1.165, 1.54) is 16.7 Å². The molecule has 0 fully saturated rings. The van der Waals surface area contributed by atoms with Gasteiger partial charge >= 0.3 is 0 Å². The molecule has 102 valence electrons. The minimum atomic E-state index is 0.169. The summed E-state index contributed by atoms with van der Waals surface area (Å²) in [5.74, 6) is 0. The smallest absolute Gasteiger partial charge is 0.0834 e. The predicted octanol–water partition coefficient (Wildman–Crippen LogP) is 3.19. The van der Waals surface area contributed by atoms with Crippen molar-refractivity contribution in [1.82, 2.24) is 15.1 Å². The minimum Gasteiger partial charge on any atom is -0.311 e. The van der Waals surface area contributed by atoms with Gasteiger partial charge in [-0.1, -0.05) is 29.8 Å². The van der Waals surface area contributed by atoms with E-state index in [1.54, 1.807) is 6.20 Å². The van der Waals surface area contributed by atoms with Gasteiger partial charge in [0, 0.05) is 7.05 Å². The van der Waals surface area contributed by atoms with Gasteiger partial charge in [0.25, 0.3) is 0 Å². The highest BCUT2D eigenvalue weighted by molar-refractivity contribution is 6.31. The summed E-state index contributed by atoms with van der Waals surface area (Å²) in [5.41, 5.74) is 4.98. The molecule has 1 aromatic heterocycles. The van der Waals surface area contributed by atoms with Crippen molar-refractivity contribution in [2.24, 2.45) is 7.05 Å². The summed E-state index contributed by atoms with van der Waals surface area (Å²) < 4.78 is 1.84. The molecule has 3 nitrogen and oxygen atoms in total. The number of nitrogens with zero attached hydrogens (tertiary/aromatic N) is 2. The summed E-state index contributed by atoms with van der Waals surface area (Å²) >= 11 is 6.22. The molecule has 0 radical (unpaired) electrons. The van der Waals surface area contributed by atoms with Crippen molar-refractivity contribution in [3.05, 3.63) is 51.8 Å². The zero-order valence-electron chi connectivity index (χ0n) is 11.9. The molecule has 0 aliphatic heterocycles. The van der Waals surface area contributed by atoms with Crippen molar-refractivity contribution in [3.8, 4) is 0 Å². The number of rotatable bonds is 4. The standard InChI is InChI=1S/C15H20ClN3/c1-10-5-6-12(7-11(10)2)8-14(17-3)15-13(16)9-18-19(15)4/h5-7,9,14,17H,8H2,1-4H3. The van der Waals surface area contributed by atoms with Crippen molar-refractivity contribution in [2.45, 2.75) is 26.3 Å². The van der Waals surface area contributed by atoms with Gasteiger partial charge in [-0.25, -0.2) is 0 Å². The van der Waals surface area contributed by atoms with Crippen LogP contribution in [0, 0.1) is 13.8 Å². The normalized spacial score (nSPS) is 12.7. The summed E-state index contributed by atoms with van der Waals surface area (Å²) in [4.78, 5) is 0. The van der Waals surface area contributed by atoms with E-state index in [4.69, 9.17) is 11.6 Å². The van der Waals surface area contributed by atoms with Gasteiger partial charge in [-0.3, -0.25) is 4.68 Å². The lowest BCUT2D eigenvalue weighted by Crippen LogP contribution is -2.22. The topological polar surface area (TPSA) is 29.9 Å². The van der Waals surface area contributed by atoms with E-state index in [1.807, 2.05) is 18.8 Å². The summed E-state index contributed by atoms with van der Waals surface area (Å²) in [5, 5.41) is 8.24. The van der Waals surface area contributed by atoms with Crippen LogP contribution in [0.4, 0.5) is 0 Å². The maximum atomic E-state index is 6.22. The van der Waals surface area contributed by atoms with E-state index in [-0.39, 0.29) is 6.04 Å². The lowest BCUT2D eigenvalue weighted by molar-refractivity contribution is 0.537. The van der Waals surface area contributed by atoms with Crippen LogP contribution >= 0.6 is 11.6 Å². The number of likely N-dealkylation sites (N-methyl/N-ethyl adjacent to an activating group) is 1. The average Bonchev–Trinajstić information content (AvgIpc) is 2.71. The monoisotopic (exact) mass is 277 g/mol. The van der Waals surface area contributed by atoms with E-state index in [0.29, 0.717) is 5.02 Å². The maximum absolute atomic E-state index is 6.22. The van der Waals surface area contributed by atoms with Gasteiger partial charge in [-0.15, -0.1) is 0 Å². The Balaban J connectivity index is 2.26. The minimum absolute atomic E-state index is 0.169. The molecule has 0 aliphatic carbocycles. The van der Waals surface area contributed by atoms with Crippen LogP contribution in [-0.2, 0) is 13.5 Å². The highest BCUT2D eigenvalue weighted by Crippen LogP contribution is 2.25. The fraction of sp³-hybridized carbons (Fsp3) is 0.400. The Bertz CT molecular complexity index is 555. The first kappa shape index (κ1) is 14.1. The first-order chi connectivity index (χ1) is 9.02. The number of hydrogen-bond acceptors (Lipinski definition) is 2. The molecule has 1 N–H and O–H groups in total. The van der Waals surface area contributed by atoms with Gasteiger partial charge in [0.15, 0.2) is 0 Å². The molecule has 0 saturated heterocycles. The highest BCUT2D eigenvalue weighted by atomic mass is 35.5. The summed E-state index contributed by atoms with van der Waals surface area (Å²) in [7, 11) is 3.88. The third-order valence-electron chi connectivity index (χ3n) is 3.63. The van der Waals surface area contributed by atoms with Gasteiger partial charge in [0.1, 0.15) is 0 Å². The van der Waals surface area contributed by atoms with E-state index < -0.39 is 0 Å². The van der Waals surface area contributed by atoms with E-state index in [0.717, 1.165) is 12.1 Å². The summed E-state index contributed by atoms with van der Waals surface area (Å²) in [6, 6.07) is 6.76. The number of benzene rings is 1. The fourth-order valence-corrected chi connectivity index (χ4v) is 2.61. The van der Waals surface area contributed by atoms with Crippen LogP contribution < -0.4 is 5.32 Å². The Morgan fingerprint density at radius 1 is 1.32 bits per heavy atom. The molecule has 2 rings (SSSR count). The summed E-state index contributed by atoms with van der Waals surface area (Å²) in [6.45, 7) is 4.27. The molecular formula is C15H20ClN3. The molecule has 0 bridgehead atoms. The van der Waals surface area contributed by atoms with Gasteiger partial charge < -0.3 is 5.32 Å². The molecule has 1 aromatic carbocycles. The number of halogens is 1. The molecule has 0 saturated carbocycles. The fourth-order valence-electron chi connectivity index (χ4n) is 2.31. The Morgan fingerprint density at radius 2 is 2.05 bits per heavy atom. The van der Waals surface area contributed by atoms with Gasteiger partial charge in [0.05, 0.1) is 23.0 Å². The van der Waals surface area contributed by atoms with Crippen molar-refractivity contribution in [1.29, 1.82) is 0 Å². The third kappa shape index (κ3) is 2.99. The Hall–Kier alpha value is -1.32. The van der Waals surface area contributed by atoms with Crippen LogP contribution in [0.1, 0.15) is 28.4 Å². The number of aromatic nitrogens is 2. The van der Waals surface area contributed by atoms with Gasteiger partial charge in [-0.2, -0.15) is 5.10 Å². The van der Waals surface area contributed by atoms with E-state index >= 15 is 0 Å². The predicted molar refractivity (Wildman–Crippen MR) is 79.6 cm³/mol. The van der Waals surface area contributed by atoms with Crippen LogP contribution in [0.25, 0.3) is 0 Å². The maximum Gasteiger partial charge on any atom is 0.0834 e. The number of nitrogens with one attached hydrogen (secondary N) is 1. The van der Waals surface area contributed by atoms with Crippen molar-refractivity contribution >= 4 is 11.6 Å². The Labute approximate surface area is 119 Å². The third-order valence-corrected chi connectivity index (χ3v) is 3.92. The van der Waals surface area contributed by atoms with Gasteiger partial charge in [-0.05, 0) is 44.0 Å². The first-order valence-corrected chi connectivity index (χ1v) is 6.81. The molecule has 1 atom stereocenters. The molecular weight excluding hydrogens is 258 g/mol. The van der Waals surface area contributed by atoms with Crippen LogP contribution in [-0.4, -0.2) is 16.8 Å². The molecule has 1 unspecified atom stereocenters. The van der Waals surface area contributed by atoms with Crippen LogP contribution in [0.2, 0.25) is 5.02 Å². The SMILES string of the molecule is CNC(Cc1ccc(C)c(C)c1)c1c(Cl)cnn1C. The van der Waals surface area contributed by atoms with Crippen LogP contribution in [0.3, 0.4) is 0 Å². The van der Waals surface area contributed by atoms with Crippen LogP contribution in [0.5, 0.6) is 0 Å². The lowest BCUT2D eigenvalue weighted by atomic mass is 9.99. The van der Waals surface area contributed by atoms with Gasteiger partial charge in [0.2, 0.25) is 0 Å². The molecule has 0 amide bonds. The van der Waals surface area contributed by atoms with Crippen molar-refractivity contribution in [2.75, 3.05) is 7.05 Å². The van der Waals surface area contributed by atoms with Crippen molar-refractivity contribution < 1.29 is 0 Å². The number of aryl methyl sites for hydroxylation is 3. The molecule has 0 spiro atoms. The first-order valence-electron chi connectivity index (χ1n) is 6.43.